The zero-order valence-corrected chi connectivity index (χ0v) is 26.5. The van der Waals surface area contributed by atoms with E-state index < -0.39 is 22.5 Å². The molecule has 3 aromatic carbocycles. The Balaban J connectivity index is 1.36. The highest BCUT2D eigenvalue weighted by atomic mass is 32.2. The molecular weight excluding hydrogens is 601 g/mol. The van der Waals surface area contributed by atoms with Crippen molar-refractivity contribution in [3.8, 4) is 11.5 Å². The second-order valence-electron chi connectivity index (χ2n) is 10.2. The van der Waals surface area contributed by atoms with Crippen LogP contribution in [-0.2, 0) is 19.6 Å². The van der Waals surface area contributed by atoms with Gasteiger partial charge in [0.05, 0.1) is 23.4 Å². The van der Waals surface area contributed by atoms with Gasteiger partial charge in [-0.2, -0.15) is 5.10 Å². The van der Waals surface area contributed by atoms with Gasteiger partial charge >= 0.3 is 0 Å². The third kappa shape index (κ3) is 9.48. The summed E-state index contributed by atoms with van der Waals surface area (Å²) in [6.45, 7) is 1.77. The Morgan fingerprint density at radius 3 is 2.18 bits per heavy atom. The molecule has 0 aromatic heterocycles. The number of rotatable bonds is 14. The largest absolute Gasteiger partial charge is 0.494 e. The molecule has 1 aliphatic rings. The summed E-state index contributed by atoms with van der Waals surface area (Å²) >= 11 is 1.50. The van der Waals surface area contributed by atoms with Gasteiger partial charge in [-0.25, -0.2) is 13.8 Å². The summed E-state index contributed by atoms with van der Waals surface area (Å²) in [6, 6.07) is 20.1. The van der Waals surface area contributed by atoms with E-state index in [0.717, 1.165) is 34.9 Å². The van der Waals surface area contributed by atoms with Gasteiger partial charge in [-0.1, -0.05) is 19.3 Å². The van der Waals surface area contributed by atoms with Gasteiger partial charge in [0, 0.05) is 10.9 Å². The van der Waals surface area contributed by atoms with E-state index in [1.165, 1.54) is 36.5 Å². The van der Waals surface area contributed by atoms with Gasteiger partial charge in [0.25, 0.3) is 21.8 Å². The van der Waals surface area contributed by atoms with E-state index in [2.05, 4.69) is 15.8 Å². The molecule has 0 unspecified atom stereocenters. The predicted molar refractivity (Wildman–Crippen MR) is 173 cm³/mol. The molecule has 4 rings (SSSR count). The molecule has 12 heteroatoms. The molecule has 0 saturated heterocycles. The summed E-state index contributed by atoms with van der Waals surface area (Å²) < 4.78 is 39.4. The minimum Gasteiger partial charge on any atom is -0.494 e. The van der Waals surface area contributed by atoms with Gasteiger partial charge in [0.1, 0.15) is 18.0 Å². The van der Waals surface area contributed by atoms with E-state index >= 15 is 0 Å². The number of sulfonamides is 1. The number of anilines is 1. The number of nitrogens with zero attached hydrogens (tertiary/aromatic N) is 2. The van der Waals surface area contributed by atoms with Gasteiger partial charge in [0.2, 0.25) is 0 Å². The Hall–Kier alpha value is -4.03. The number of nitrogens with one attached hydrogen (secondary N) is 2. The molecule has 0 aliphatic heterocycles. The van der Waals surface area contributed by atoms with Crippen LogP contribution in [0.25, 0.3) is 0 Å². The smallest absolute Gasteiger partial charge is 0.264 e. The maximum absolute atomic E-state index is 13.6. The maximum atomic E-state index is 13.6. The molecule has 0 radical (unpaired) electrons. The average molecular weight is 639 g/mol. The summed E-state index contributed by atoms with van der Waals surface area (Å²) in [5.41, 5.74) is 3.40. The van der Waals surface area contributed by atoms with Crippen molar-refractivity contribution in [2.24, 2.45) is 5.10 Å². The second-order valence-corrected chi connectivity index (χ2v) is 12.9. The summed E-state index contributed by atoms with van der Waals surface area (Å²) in [4.78, 5) is 26.1. The number of hydrogen-bond donors (Lipinski definition) is 2. The van der Waals surface area contributed by atoms with Crippen LogP contribution in [0.5, 0.6) is 11.5 Å². The first-order valence-corrected chi connectivity index (χ1v) is 17.2. The zero-order chi connectivity index (χ0) is 31.4. The molecule has 1 saturated carbocycles. The van der Waals surface area contributed by atoms with E-state index in [4.69, 9.17) is 9.47 Å². The fourth-order valence-electron chi connectivity index (χ4n) is 4.73. The van der Waals surface area contributed by atoms with Crippen LogP contribution in [0.15, 0.2) is 87.7 Å². The molecule has 44 heavy (non-hydrogen) atoms. The standard InChI is InChI=1S/C32H38N4O6S2/c1-3-41-27-15-11-26(12-16-27)36(44(39,40)30-19-17-29(43-2)18-20-30)22-31(37)35-33-21-24-9-13-28(14-10-24)42-23-32(38)34-25-7-5-4-6-8-25/h9-21,25H,3-8,22-23H2,1-2H3,(H,34,38)(H,35,37)/b33-21-. The van der Waals surface area contributed by atoms with Crippen molar-refractivity contribution in [3.05, 3.63) is 78.4 Å². The van der Waals surface area contributed by atoms with E-state index in [9.17, 15) is 18.0 Å². The SMILES string of the molecule is CCOc1ccc(N(CC(=O)N/N=C\c2ccc(OCC(=O)NC3CCCCC3)cc2)S(=O)(=O)c2ccc(SC)cc2)cc1. The fraction of sp³-hybridized carbons (Fsp3) is 0.344. The number of carbonyl (C=O) groups is 2. The van der Waals surface area contributed by atoms with Crippen LogP contribution in [0.4, 0.5) is 5.69 Å². The highest BCUT2D eigenvalue weighted by molar-refractivity contribution is 7.98. The lowest BCUT2D eigenvalue weighted by atomic mass is 9.95. The van der Waals surface area contributed by atoms with Gasteiger partial charge < -0.3 is 14.8 Å². The van der Waals surface area contributed by atoms with Gasteiger partial charge in [0.15, 0.2) is 6.61 Å². The maximum Gasteiger partial charge on any atom is 0.264 e. The fourth-order valence-corrected chi connectivity index (χ4v) is 6.55. The Labute approximate surface area is 263 Å². The lowest BCUT2D eigenvalue weighted by Crippen LogP contribution is -2.39. The van der Waals surface area contributed by atoms with Crippen LogP contribution in [0.2, 0.25) is 0 Å². The lowest BCUT2D eigenvalue weighted by Gasteiger charge is -2.24. The first-order chi connectivity index (χ1) is 21.3. The average Bonchev–Trinajstić information content (AvgIpc) is 3.04. The monoisotopic (exact) mass is 638 g/mol. The number of benzene rings is 3. The topological polar surface area (TPSA) is 126 Å². The van der Waals surface area contributed by atoms with Crippen LogP contribution in [0, 0.1) is 0 Å². The van der Waals surface area contributed by atoms with Crippen molar-refractivity contribution in [2.45, 2.75) is 54.9 Å². The van der Waals surface area contributed by atoms with Crippen molar-refractivity contribution in [1.29, 1.82) is 0 Å². The quantitative estimate of drug-likeness (QED) is 0.145. The summed E-state index contributed by atoms with van der Waals surface area (Å²) in [5.74, 6) is 0.366. The number of carbonyl (C=O) groups excluding carboxylic acids is 2. The number of hydrazone groups is 1. The molecule has 2 N–H and O–H groups in total. The number of hydrogen-bond acceptors (Lipinski definition) is 8. The summed E-state index contributed by atoms with van der Waals surface area (Å²) in [5, 5.41) is 7.02. The van der Waals surface area contributed by atoms with Crippen LogP contribution in [0.3, 0.4) is 0 Å². The van der Waals surface area contributed by atoms with E-state index in [1.54, 1.807) is 60.7 Å². The van der Waals surface area contributed by atoms with E-state index in [0.29, 0.717) is 29.4 Å². The number of ether oxygens (including phenoxy) is 2. The van der Waals surface area contributed by atoms with Crippen molar-refractivity contribution in [3.63, 3.8) is 0 Å². The third-order valence-electron chi connectivity index (χ3n) is 6.99. The Bertz CT molecular complexity index is 1510. The van der Waals surface area contributed by atoms with Crippen molar-refractivity contribution < 1.29 is 27.5 Å². The molecule has 1 fully saturated rings. The molecule has 0 atom stereocenters. The Kier molecular flexibility index (Phi) is 12.1. The lowest BCUT2D eigenvalue weighted by molar-refractivity contribution is -0.124. The number of amides is 2. The molecule has 0 spiro atoms. The highest BCUT2D eigenvalue weighted by Crippen LogP contribution is 2.27. The van der Waals surface area contributed by atoms with Crippen LogP contribution in [-0.4, -0.2) is 58.5 Å². The van der Waals surface area contributed by atoms with Crippen LogP contribution < -0.4 is 24.5 Å². The highest BCUT2D eigenvalue weighted by Gasteiger charge is 2.27. The minimum absolute atomic E-state index is 0.0601. The zero-order valence-electron chi connectivity index (χ0n) is 24.9. The van der Waals surface area contributed by atoms with Crippen LogP contribution in [0.1, 0.15) is 44.6 Å². The molecule has 3 aromatic rings. The molecule has 0 heterocycles. The third-order valence-corrected chi connectivity index (χ3v) is 9.53. The van der Waals surface area contributed by atoms with Crippen molar-refractivity contribution in [1.82, 2.24) is 10.7 Å². The molecule has 234 valence electrons. The van der Waals surface area contributed by atoms with Crippen LogP contribution >= 0.6 is 11.8 Å². The predicted octanol–water partition coefficient (Wildman–Crippen LogP) is 4.98. The van der Waals surface area contributed by atoms with Crippen molar-refractivity contribution in [2.75, 3.05) is 30.3 Å². The molecule has 1 aliphatic carbocycles. The first-order valence-electron chi connectivity index (χ1n) is 14.5. The Morgan fingerprint density at radius 2 is 1.55 bits per heavy atom. The van der Waals surface area contributed by atoms with Gasteiger partial charge in [-0.05, 0) is 104 Å². The van der Waals surface area contributed by atoms with Gasteiger partial charge in [-0.3, -0.25) is 13.9 Å². The normalized spacial score (nSPS) is 13.8. The molecule has 2 amide bonds. The first kappa shape index (κ1) is 32.9. The second kappa shape index (κ2) is 16.2. The summed E-state index contributed by atoms with van der Waals surface area (Å²) in [7, 11) is -4.07. The Morgan fingerprint density at radius 1 is 0.909 bits per heavy atom. The molecular formula is C32H38N4O6S2. The molecule has 0 bridgehead atoms. The van der Waals surface area contributed by atoms with E-state index in [1.807, 2.05) is 13.2 Å². The minimum atomic E-state index is -4.07. The van der Waals surface area contributed by atoms with Crippen molar-refractivity contribution >= 4 is 45.5 Å². The summed E-state index contributed by atoms with van der Waals surface area (Å²) in [6.07, 6.45) is 8.87. The number of thioether (sulfide) groups is 1. The van der Waals surface area contributed by atoms with Gasteiger partial charge in [-0.15, -0.1) is 11.8 Å². The van der Waals surface area contributed by atoms with E-state index in [-0.39, 0.29) is 23.5 Å². The molecule has 10 nitrogen and oxygen atoms in total.